The highest BCUT2D eigenvalue weighted by Crippen LogP contribution is 2.19. The van der Waals surface area contributed by atoms with Gasteiger partial charge in [0.25, 0.3) is 5.91 Å². The third-order valence-electron chi connectivity index (χ3n) is 4.64. The van der Waals surface area contributed by atoms with Gasteiger partial charge in [-0.05, 0) is 31.2 Å². The van der Waals surface area contributed by atoms with Crippen LogP contribution in [0.4, 0.5) is 5.82 Å². The number of amides is 2. The Bertz CT molecular complexity index is 820. The van der Waals surface area contributed by atoms with E-state index in [1.54, 1.807) is 35.2 Å². The second-order valence-electron chi connectivity index (χ2n) is 6.37. The summed E-state index contributed by atoms with van der Waals surface area (Å²) in [5.74, 6) is 0.0679. The Morgan fingerprint density at radius 3 is 2.48 bits per heavy atom. The number of phenols is 1. The molecule has 1 aromatic heterocycles. The number of nitrogens with one attached hydrogen (secondary N) is 1. The fraction of sp³-hybridized carbons (Fsp3) is 0.316. The van der Waals surface area contributed by atoms with Crippen molar-refractivity contribution >= 4 is 29.2 Å². The van der Waals surface area contributed by atoms with Gasteiger partial charge >= 0.3 is 0 Å². The number of hydrogen-bond donors (Lipinski definition) is 2. The first kappa shape index (κ1) is 19.1. The van der Waals surface area contributed by atoms with E-state index in [1.807, 2.05) is 11.8 Å². The summed E-state index contributed by atoms with van der Waals surface area (Å²) in [6.45, 7) is 3.95. The number of carbonyl (C=O) groups is 2. The minimum absolute atomic E-state index is 0.0202. The van der Waals surface area contributed by atoms with E-state index in [9.17, 15) is 14.7 Å². The molecule has 0 aliphatic carbocycles. The summed E-state index contributed by atoms with van der Waals surface area (Å²) in [5, 5.41) is 13.1. The summed E-state index contributed by atoms with van der Waals surface area (Å²) in [5.41, 5.74) is 0.297. The second kappa shape index (κ2) is 8.37. The number of hydrogen-bond acceptors (Lipinski definition) is 5. The highest BCUT2D eigenvalue weighted by Gasteiger charge is 2.28. The number of rotatable bonds is 4. The van der Waals surface area contributed by atoms with Gasteiger partial charge in [0, 0.05) is 32.4 Å². The molecule has 2 N–H and O–H groups in total. The molecule has 1 aliphatic rings. The van der Waals surface area contributed by atoms with Gasteiger partial charge in [-0.2, -0.15) is 0 Å². The third kappa shape index (κ3) is 4.56. The van der Waals surface area contributed by atoms with Crippen LogP contribution in [0.25, 0.3) is 0 Å². The Kier molecular flexibility index (Phi) is 5.93. The number of phenolic OH excluding ortho intramolecular Hbond substituents is 1. The molecule has 2 heterocycles. The van der Waals surface area contributed by atoms with E-state index >= 15 is 0 Å². The number of aromatic nitrogens is 1. The van der Waals surface area contributed by atoms with Crippen LogP contribution in [0.2, 0.25) is 5.02 Å². The van der Waals surface area contributed by atoms with Crippen molar-refractivity contribution in [3.63, 3.8) is 0 Å². The van der Waals surface area contributed by atoms with Gasteiger partial charge in [-0.25, -0.2) is 4.98 Å². The third-order valence-corrected chi connectivity index (χ3v) is 4.87. The fourth-order valence-corrected chi connectivity index (χ4v) is 3.10. The fourth-order valence-electron chi connectivity index (χ4n) is 2.98. The Balaban J connectivity index is 1.55. The molecule has 0 unspecified atom stereocenters. The lowest BCUT2D eigenvalue weighted by Gasteiger charge is -2.37. The minimum Gasteiger partial charge on any atom is -0.507 e. The number of nitrogens with zero attached hydrogens (tertiary/aromatic N) is 3. The van der Waals surface area contributed by atoms with Crippen LogP contribution in [-0.2, 0) is 4.79 Å². The first-order valence-corrected chi connectivity index (χ1v) is 9.07. The molecule has 142 valence electrons. The van der Waals surface area contributed by atoms with Gasteiger partial charge in [-0.15, -0.1) is 0 Å². The van der Waals surface area contributed by atoms with Gasteiger partial charge < -0.3 is 15.3 Å². The maximum Gasteiger partial charge on any atom is 0.257 e. The van der Waals surface area contributed by atoms with E-state index < -0.39 is 0 Å². The number of benzene rings is 1. The van der Waals surface area contributed by atoms with Crippen LogP contribution >= 0.6 is 11.6 Å². The molecule has 0 radical (unpaired) electrons. The van der Waals surface area contributed by atoms with Crippen molar-refractivity contribution in [3.8, 4) is 5.75 Å². The number of pyridine rings is 1. The summed E-state index contributed by atoms with van der Waals surface area (Å²) in [6, 6.07) is 9.47. The van der Waals surface area contributed by atoms with Crippen LogP contribution in [0.3, 0.4) is 0 Å². The zero-order chi connectivity index (χ0) is 19.4. The number of aromatic hydroxyl groups is 1. The monoisotopic (exact) mass is 388 g/mol. The lowest BCUT2D eigenvalue weighted by Crippen LogP contribution is -2.54. The lowest BCUT2D eigenvalue weighted by molar-refractivity contribution is -0.121. The summed E-state index contributed by atoms with van der Waals surface area (Å²) in [7, 11) is 0. The molecular weight excluding hydrogens is 368 g/mol. The second-order valence-corrected chi connectivity index (χ2v) is 6.81. The predicted octanol–water partition coefficient (Wildman–Crippen LogP) is 2.23. The van der Waals surface area contributed by atoms with Gasteiger partial charge in [0.15, 0.2) is 0 Å². The summed E-state index contributed by atoms with van der Waals surface area (Å²) in [6.07, 6.45) is 1.48. The maximum absolute atomic E-state index is 12.5. The van der Waals surface area contributed by atoms with E-state index in [2.05, 4.69) is 10.3 Å². The quantitative estimate of drug-likeness (QED) is 0.838. The Labute approximate surface area is 162 Å². The van der Waals surface area contributed by atoms with Gasteiger partial charge in [0.1, 0.15) is 11.6 Å². The first-order chi connectivity index (χ1) is 13.0. The molecule has 1 aliphatic heterocycles. The normalized spacial score (nSPS) is 16.0. The Hall–Kier alpha value is -2.64. The van der Waals surface area contributed by atoms with Crippen LogP contribution in [0.5, 0.6) is 5.75 Å². The highest BCUT2D eigenvalue weighted by atomic mass is 35.5. The van der Waals surface area contributed by atoms with Crippen LogP contribution in [0.15, 0.2) is 42.6 Å². The van der Waals surface area contributed by atoms with Crippen molar-refractivity contribution in [2.45, 2.75) is 13.0 Å². The van der Waals surface area contributed by atoms with Crippen molar-refractivity contribution in [1.29, 1.82) is 0 Å². The number of para-hydroxylation sites is 1. The van der Waals surface area contributed by atoms with Gasteiger partial charge in [-0.1, -0.05) is 23.7 Å². The first-order valence-electron chi connectivity index (χ1n) is 8.69. The number of anilines is 1. The van der Waals surface area contributed by atoms with E-state index in [0.29, 0.717) is 42.6 Å². The van der Waals surface area contributed by atoms with E-state index in [0.717, 1.165) is 0 Å². The zero-order valence-electron chi connectivity index (χ0n) is 14.9. The van der Waals surface area contributed by atoms with Crippen molar-refractivity contribution in [3.05, 3.63) is 53.2 Å². The molecule has 1 saturated heterocycles. The van der Waals surface area contributed by atoms with E-state index in [4.69, 9.17) is 11.6 Å². The van der Waals surface area contributed by atoms with Crippen molar-refractivity contribution in [1.82, 2.24) is 14.8 Å². The standard InChI is InChI=1S/C19H21ClN4O3/c1-13(18(26)22-17-7-6-14(20)12-21-17)23-8-10-24(11-9-23)19(27)15-4-2-3-5-16(15)25/h2-7,12-13,25H,8-11H2,1H3,(H,21,22,26)/t13-/m0/s1. The average molecular weight is 389 g/mol. The molecule has 8 heteroatoms. The highest BCUT2D eigenvalue weighted by molar-refractivity contribution is 6.30. The number of carbonyl (C=O) groups excluding carboxylic acids is 2. The topological polar surface area (TPSA) is 85.8 Å². The predicted molar refractivity (Wildman–Crippen MR) is 103 cm³/mol. The number of halogens is 1. The smallest absolute Gasteiger partial charge is 0.257 e. The van der Waals surface area contributed by atoms with Crippen LogP contribution in [-0.4, -0.2) is 63.9 Å². The molecule has 1 atom stereocenters. The molecule has 0 saturated carbocycles. The minimum atomic E-state index is -0.357. The molecule has 0 bridgehead atoms. The average Bonchev–Trinajstić information content (AvgIpc) is 2.69. The summed E-state index contributed by atoms with van der Waals surface area (Å²) in [4.78, 5) is 32.8. The van der Waals surface area contributed by atoms with E-state index in [-0.39, 0.29) is 23.6 Å². The largest absolute Gasteiger partial charge is 0.507 e. The molecule has 1 fully saturated rings. The number of piperazine rings is 1. The van der Waals surface area contributed by atoms with Crippen LogP contribution in [0, 0.1) is 0 Å². The summed E-state index contributed by atoms with van der Waals surface area (Å²) < 4.78 is 0. The van der Waals surface area contributed by atoms with Crippen molar-refractivity contribution in [2.24, 2.45) is 0 Å². The van der Waals surface area contributed by atoms with Gasteiger partial charge in [0.05, 0.1) is 16.6 Å². The van der Waals surface area contributed by atoms with Crippen molar-refractivity contribution in [2.75, 3.05) is 31.5 Å². The molecule has 3 rings (SSSR count). The molecule has 2 aromatic rings. The molecular formula is C19H21ClN4O3. The Morgan fingerprint density at radius 1 is 1.15 bits per heavy atom. The molecule has 2 amide bonds. The molecule has 27 heavy (non-hydrogen) atoms. The maximum atomic E-state index is 12.5. The van der Waals surface area contributed by atoms with Crippen LogP contribution < -0.4 is 5.32 Å². The van der Waals surface area contributed by atoms with Gasteiger partial charge in [0.2, 0.25) is 5.91 Å². The van der Waals surface area contributed by atoms with Crippen LogP contribution in [0.1, 0.15) is 17.3 Å². The lowest BCUT2D eigenvalue weighted by atomic mass is 10.1. The van der Waals surface area contributed by atoms with E-state index in [1.165, 1.54) is 12.3 Å². The summed E-state index contributed by atoms with van der Waals surface area (Å²) >= 11 is 5.79. The zero-order valence-corrected chi connectivity index (χ0v) is 15.7. The van der Waals surface area contributed by atoms with Gasteiger partial charge in [-0.3, -0.25) is 14.5 Å². The SMILES string of the molecule is C[C@@H](C(=O)Nc1ccc(Cl)cn1)N1CCN(C(=O)c2ccccc2O)CC1. The Morgan fingerprint density at radius 2 is 1.85 bits per heavy atom. The molecule has 1 aromatic carbocycles. The van der Waals surface area contributed by atoms with Crippen molar-refractivity contribution < 1.29 is 14.7 Å². The molecule has 0 spiro atoms. The molecule has 7 nitrogen and oxygen atoms in total.